The zero-order chi connectivity index (χ0) is 8.44. The number of hydrogen-bond acceptors (Lipinski definition) is 1. The lowest BCUT2D eigenvalue weighted by Gasteiger charge is -2.17. The minimum absolute atomic E-state index is 0.199. The highest BCUT2D eigenvalue weighted by molar-refractivity contribution is 4.94. The van der Waals surface area contributed by atoms with Crippen LogP contribution >= 0.6 is 0 Å². The molecule has 2 aliphatic carbocycles. The first kappa shape index (κ1) is 8.55. The number of aliphatic hydroxyl groups is 1. The summed E-state index contributed by atoms with van der Waals surface area (Å²) in [7, 11) is 0. The van der Waals surface area contributed by atoms with Crippen molar-refractivity contribution in [2.75, 3.05) is 0 Å². The van der Waals surface area contributed by atoms with Crippen LogP contribution in [0.4, 0.5) is 0 Å². The first-order valence-electron chi connectivity index (χ1n) is 5.51. The molecule has 0 radical (unpaired) electrons. The summed E-state index contributed by atoms with van der Waals surface area (Å²) in [6.45, 7) is 0. The smallest absolute Gasteiger partial charge is 0.0652 e. The van der Waals surface area contributed by atoms with Crippen LogP contribution in [0.5, 0.6) is 0 Å². The van der Waals surface area contributed by atoms with Crippen LogP contribution in [0.2, 0.25) is 0 Å². The molecule has 2 saturated carbocycles. The lowest BCUT2D eigenvalue weighted by molar-refractivity contribution is 0.114. The summed E-state index contributed by atoms with van der Waals surface area (Å²) in [5, 5.41) is 9.77. The Balaban J connectivity index is 1.77. The largest absolute Gasteiger partial charge is 0.390 e. The second kappa shape index (κ2) is 3.37. The fraction of sp³-hybridized carbons (Fsp3) is 1.00. The van der Waals surface area contributed by atoms with E-state index in [1.807, 2.05) is 0 Å². The SMILES string of the molecule is OC1(CC2CCCCCC2)CC1. The molecule has 0 atom stereocenters. The van der Waals surface area contributed by atoms with E-state index in [1.165, 1.54) is 38.5 Å². The Morgan fingerprint density at radius 3 is 2.08 bits per heavy atom. The molecule has 0 unspecified atom stereocenters. The van der Waals surface area contributed by atoms with Crippen molar-refractivity contribution in [1.29, 1.82) is 0 Å². The third-order valence-electron chi connectivity index (χ3n) is 3.47. The summed E-state index contributed by atoms with van der Waals surface area (Å²) >= 11 is 0. The van der Waals surface area contributed by atoms with Crippen molar-refractivity contribution < 1.29 is 5.11 Å². The summed E-state index contributed by atoms with van der Waals surface area (Å²) in [4.78, 5) is 0. The van der Waals surface area contributed by atoms with Crippen LogP contribution in [-0.2, 0) is 0 Å². The molecule has 70 valence electrons. The van der Waals surface area contributed by atoms with Crippen molar-refractivity contribution in [2.45, 2.75) is 63.4 Å². The van der Waals surface area contributed by atoms with Crippen LogP contribution in [0.1, 0.15) is 57.8 Å². The van der Waals surface area contributed by atoms with Gasteiger partial charge in [0.25, 0.3) is 0 Å². The predicted molar refractivity (Wildman–Crippen MR) is 50.0 cm³/mol. The molecule has 2 fully saturated rings. The number of hydrogen-bond donors (Lipinski definition) is 1. The quantitative estimate of drug-likeness (QED) is 0.629. The summed E-state index contributed by atoms with van der Waals surface area (Å²) in [5.41, 5.74) is -0.199. The summed E-state index contributed by atoms with van der Waals surface area (Å²) in [6.07, 6.45) is 11.7. The molecule has 0 spiro atoms. The van der Waals surface area contributed by atoms with Crippen molar-refractivity contribution in [3.05, 3.63) is 0 Å². The summed E-state index contributed by atoms with van der Waals surface area (Å²) in [5.74, 6) is 0.847. The maximum absolute atomic E-state index is 9.77. The fourth-order valence-corrected chi connectivity index (χ4v) is 2.45. The van der Waals surface area contributed by atoms with Gasteiger partial charge in [-0.05, 0) is 25.2 Å². The zero-order valence-electron chi connectivity index (χ0n) is 7.89. The fourth-order valence-electron chi connectivity index (χ4n) is 2.45. The van der Waals surface area contributed by atoms with Crippen molar-refractivity contribution in [1.82, 2.24) is 0 Å². The van der Waals surface area contributed by atoms with Gasteiger partial charge in [-0.1, -0.05) is 38.5 Å². The van der Waals surface area contributed by atoms with E-state index in [0.717, 1.165) is 25.2 Å². The van der Waals surface area contributed by atoms with Gasteiger partial charge in [0, 0.05) is 0 Å². The minimum atomic E-state index is -0.199. The Labute approximate surface area is 75.2 Å². The minimum Gasteiger partial charge on any atom is -0.390 e. The third kappa shape index (κ3) is 2.22. The lowest BCUT2D eigenvalue weighted by atomic mass is 9.93. The average molecular weight is 168 g/mol. The molecule has 2 rings (SSSR count). The molecule has 0 aromatic rings. The van der Waals surface area contributed by atoms with E-state index < -0.39 is 0 Å². The normalized spacial score (nSPS) is 29.8. The predicted octanol–water partition coefficient (Wildman–Crippen LogP) is 2.87. The van der Waals surface area contributed by atoms with Crippen LogP contribution in [0.25, 0.3) is 0 Å². The first-order chi connectivity index (χ1) is 5.79. The second-order valence-electron chi connectivity index (χ2n) is 4.79. The van der Waals surface area contributed by atoms with Crippen molar-refractivity contribution in [2.24, 2.45) is 5.92 Å². The molecule has 2 aliphatic rings. The van der Waals surface area contributed by atoms with E-state index in [-0.39, 0.29) is 5.60 Å². The molecule has 0 saturated heterocycles. The molecule has 0 heterocycles. The molecule has 0 aromatic carbocycles. The Morgan fingerprint density at radius 2 is 1.58 bits per heavy atom. The van der Waals surface area contributed by atoms with E-state index in [0.29, 0.717) is 0 Å². The summed E-state index contributed by atoms with van der Waals surface area (Å²) < 4.78 is 0. The van der Waals surface area contributed by atoms with Crippen molar-refractivity contribution >= 4 is 0 Å². The number of rotatable bonds is 2. The van der Waals surface area contributed by atoms with Gasteiger partial charge in [-0.25, -0.2) is 0 Å². The van der Waals surface area contributed by atoms with Crippen LogP contribution in [0, 0.1) is 5.92 Å². The highest BCUT2D eigenvalue weighted by Gasteiger charge is 2.41. The van der Waals surface area contributed by atoms with Gasteiger partial charge in [-0.3, -0.25) is 0 Å². The molecule has 1 N–H and O–H groups in total. The lowest BCUT2D eigenvalue weighted by Crippen LogP contribution is -2.13. The standard InChI is InChI=1S/C11H20O/c12-11(7-8-11)9-10-5-3-1-2-4-6-10/h10,12H,1-9H2. The van der Waals surface area contributed by atoms with Gasteiger partial charge in [0.1, 0.15) is 0 Å². The monoisotopic (exact) mass is 168 g/mol. The maximum Gasteiger partial charge on any atom is 0.0652 e. The van der Waals surface area contributed by atoms with Crippen LogP contribution < -0.4 is 0 Å². The van der Waals surface area contributed by atoms with Gasteiger partial charge < -0.3 is 5.11 Å². The van der Waals surface area contributed by atoms with E-state index in [4.69, 9.17) is 0 Å². The van der Waals surface area contributed by atoms with E-state index in [9.17, 15) is 5.11 Å². The molecule has 0 bridgehead atoms. The highest BCUT2D eigenvalue weighted by atomic mass is 16.3. The van der Waals surface area contributed by atoms with Gasteiger partial charge in [0.2, 0.25) is 0 Å². The van der Waals surface area contributed by atoms with Gasteiger partial charge in [0.15, 0.2) is 0 Å². The van der Waals surface area contributed by atoms with Gasteiger partial charge in [0.05, 0.1) is 5.60 Å². The van der Waals surface area contributed by atoms with Crippen molar-refractivity contribution in [3.63, 3.8) is 0 Å². The van der Waals surface area contributed by atoms with Gasteiger partial charge in [-0.2, -0.15) is 0 Å². The molecular weight excluding hydrogens is 148 g/mol. The van der Waals surface area contributed by atoms with Crippen LogP contribution in [-0.4, -0.2) is 10.7 Å². The first-order valence-corrected chi connectivity index (χ1v) is 5.51. The maximum atomic E-state index is 9.77. The van der Waals surface area contributed by atoms with E-state index in [2.05, 4.69) is 0 Å². The van der Waals surface area contributed by atoms with E-state index in [1.54, 1.807) is 0 Å². The molecule has 0 aliphatic heterocycles. The average Bonchev–Trinajstić information content (AvgIpc) is 2.78. The Kier molecular flexibility index (Phi) is 2.40. The molecule has 1 nitrogen and oxygen atoms in total. The van der Waals surface area contributed by atoms with Gasteiger partial charge >= 0.3 is 0 Å². The van der Waals surface area contributed by atoms with Crippen molar-refractivity contribution in [3.8, 4) is 0 Å². The van der Waals surface area contributed by atoms with Gasteiger partial charge in [-0.15, -0.1) is 0 Å². The Hall–Kier alpha value is -0.0400. The summed E-state index contributed by atoms with van der Waals surface area (Å²) in [6, 6.07) is 0. The van der Waals surface area contributed by atoms with Crippen LogP contribution in [0.15, 0.2) is 0 Å². The topological polar surface area (TPSA) is 20.2 Å². The second-order valence-corrected chi connectivity index (χ2v) is 4.79. The third-order valence-corrected chi connectivity index (χ3v) is 3.47. The molecule has 0 aromatic heterocycles. The molecule has 0 amide bonds. The Morgan fingerprint density at radius 1 is 1.00 bits per heavy atom. The highest BCUT2D eigenvalue weighted by Crippen LogP contribution is 2.43. The Bertz CT molecular complexity index is 141. The molecule has 1 heteroatoms. The molecule has 12 heavy (non-hydrogen) atoms. The van der Waals surface area contributed by atoms with Crippen LogP contribution in [0.3, 0.4) is 0 Å². The molecular formula is C11H20O. The zero-order valence-corrected chi connectivity index (χ0v) is 7.89. The van der Waals surface area contributed by atoms with E-state index >= 15 is 0 Å².